The Balaban J connectivity index is 1.49. The van der Waals surface area contributed by atoms with Crippen molar-refractivity contribution in [2.75, 3.05) is 26.2 Å². The molecule has 0 aromatic heterocycles. The number of nitrogens with zero attached hydrogens (tertiary/aromatic N) is 2. The average Bonchev–Trinajstić information content (AvgIpc) is 2.50. The van der Waals surface area contributed by atoms with Gasteiger partial charge in [0.1, 0.15) is 11.9 Å². The zero-order valence-corrected chi connectivity index (χ0v) is 13.4. The molecule has 2 fully saturated rings. The highest BCUT2D eigenvalue weighted by Gasteiger charge is 2.37. The molecule has 0 saturated carbocycles. The molecule has 3 rings (SSSR count). The topological polar surface area (TPSA) is 75.9 Å². The van der Waals surface area contributed by atoms with Gasteiger partial charge in [0.05, 0.1) is 19.0 Å². The standard InChI is InChI=1S/C17H23N3O3/c1-12-4-2-6-14(8-12)23-15-10-20(11-15)16(21)13-5-3-7-19(9-13)17(18)22/h2,4,6,8,13,15H,3,5,7,9-11H2,1H3,(H2,18,22)/t13-/m0/s1. The molecule has 2 N–H and O–H groups in total. The second kappa shape index (κ2) is 6.48. The van der Waals surface area contributed by atoms with Gasteiger partial charge in [-0.05, 0) is 37.5 Å². The summed E-state index contributed by atoms with van der Waals surface area (Å²) in [6.07, 6.45) is 1.70. The first-order valence-corrected chi connectivity index (χ1v) is 8.09. The first-order valence-electron chi connectivity index (χ1n) is 8.09. The number of hydrogen-bond acceptors (Lipinski definition) is 3. The number of nitrogens with two attached hydrogens (primary N) is 1. The van der Waals surface area contributed by atoms with Crippen LogP contribution in [0.5, 0.6) is 5.75 Å². The summed E-state index contributed by atoms with van der Waals surface area (Å²) >= 11 is 0. The summed E-state index contributed by atoms with van der Waals surface area (Å²) in [5, 5.41) is 0. The zero-order valence-electron chi connectivity index (χ0n) is 13.4. The zero-order chi connectivity index (χ0) is 16.4. The highest BCUT2D eigenvalue weighted by Crippen LogP contribution is 2.24. The van der Waals surface area contributed by atoms with Crippen LogP contribution in [0.3, 0.4) is 0 Å². The van der Waals surface area contributed by atoms with Gasteiger partial charge in [-0.3, -0.25) is 4.79 Å². The molecular weight excluding hydrogens is 294 g/mol. The first-order chi connectivity index (χ1) is 11.0. The van der Waals surface area contributed by atoms with Gasteiger partial charge in [0.25, 0.3) is 0 Å². The minimum absolute atomic E-state index is 0.0524. The molecule has 2 heterocycles. The van der Waals surface area contributed by atoms with Gasteiger partial charge < -0.3 is 20.3 Å². The fourth-order valence-corrected chi connectivity index (χ4v) is 3.21. The minimum atomic E-state index is -0.438. The van der Waals surface area contributed by atoms with Crippen molar-refractivity contribution in [3.63, 3.8) is 0 Å². The van der Waals surface area contributed by atoms with Gasteiger partial charge in [-0.1, -0.05) is 12.1 Å². The maximum Gasteiger partial charge on any atom is 0.314 e. The Labute approximate surface area is 136 Å². The van der Waals surface area contributed by atoms with Crippen molar-refractivity contribution >= 4 is 11.9 Å². The van der Waals surface area contributed by atoms with Gasteiger partial charge in [0, 0.05) is 13.1 Å². The van der Waals surface area contributed by atoms with Crippen LogP contribution in [0.4, 0.5) is 4.79 Å². The number of piperidine rings is 1. The SMILES string of the molecule is Cc1cccc(OC2CN(C(=O)[C@H]3CCCN(C(N)=O)C3)C2)c1. The van der Waals surface area contributed by atoms with Crippen molar-refractivity contribution in [3.8, 4) is 5.75 Å². The number of amides is 3. The molecule has 23 heavy (non-hydrogen) atoms. The summed E-state index contributed by atoms with van der Waals surface area (Å²) in [5.41, 5.74) is 6.47. The van der Waals surface area contributed by atoms with Crippen LogP contribution in [0.15, 0.2) is 24.3 Å². The molecule has 6 nitrogen and oxygen atoms in total. The molecule has 3 amide bonds. The Bertz CT molecular complexity index is 599. The van der Waals surface area contributed by atoms with Gasteiger partial charge in [-0.25, -0.2) is 4.79 Å². The van der Waals surface area contributed by atoms with Crippen LogP contribution in [0.25, 0.3) is 0 Å². The van der Waals surface area contributed by atoms with Crippen LogP contribution in [0.1, 0.15) is 18.4 Å². The van der Waals surface area contributed by atoms with E-state index in [9.17, 15) is 9.59 Å². The Morgan fingerprint density at radius 2 is 2.00 bits per heavy atom. The molecule has 0 bridgehead atoms. The second-order valence-corrected chi connectivity index (χ2v) is 6.42. The minimum Gasteiger partial charge on any atom is -0.487 e. The maximum atomic E-state index is 12.5. The van der Waals surface area contributed by atoms with Crippen molar-refractivity contribution in [3.05, 3.63) is 29.8 Å². The maximum absolute atomic E-state index is 12.5. The van der Waals surface area contributed by atoms with E-state index in [0.717, 1.165) is 24.2 Å². The molecule has 1 aromatic rings. The van der Waals surface area contributed by atoms with Crippen LogP contribution in [-0.2, 0) is 4.79 Å². The summed E-state index contributed by atoms with van der Waals surface area (Å²) in [6.45, 7) is 4.34. The fraction of sp³-hybridized carbons (Fsp3) is 0.529. The smallest absolute Gasteiger partial charge is 0.314 e. The lowest BCUT2D eigenvalue weighted by molar-refractivity contribution is -0.145. The summed E-state index contributed by atoms with van der Waals surface area (Å²) < 4.78 is 5.88. The lowest BCUT2D eigenvalue weighted by Gasteiger charge is -2.42. The number of likely N-dealkylation sites (tertiary alicyclic amines) is 2. The number of aryl methyl sites for hydroxylation is 1. The summed E-state index contributed by atoms with van der Waals surface area (Å²) in [6, 6.07) is 7.48. The molecule has 1 atom stereocenters. The van der Waals surface area contributed by atoms with Crippen molar-refractivity contribution in [1.29, 1.82) is 0 Å². The Morgan fingerprint density at radius 1 is 1.22 bits per heavy atom. The van der Waals surface area contributed by atoms with Crippen molar-refractivity contribution in [2.45, 2.75) is 25.9 Å². The van der Waals surface area contributed by atoms with E-state index in [1.807, 2.05) is 36.1 Å². The highest BCUT2D eigenvalue weighted by molar-refractivity contribution is 5.81. The molecule has 124 valence electrons. The number of carbonyl (C=O) groups excluding carboxylic acids is 2. The largest absolute Gasteiger partial charge is 0.487 e. The Hall–Kier alpha value is -2.24. The third-order valence-corrected chi connectivity index (χ3v) is 4.53. The molecule has 6 heteroatoms. The molecule has 0 radical (unpaired) electrons. The number of ether oxygens (including phenoxy) is 1. The van der Waals surface area contributed by atoms with E-state index in [0.29, 0.717) is 26.2 Å². The van der Waals surface area contributed by atoms with E-state index < -0.39 is 6.03 Å². The molecule has 0 aliphatic carbocycles. The molecule has 0 unspecified atom stereocenters. The Kier molecular flexibility index (Phi) is 4.41. The van der Waals surface area contributed by atoms with E-state index >= 15 is 0 Å². The lowest BCUT2D eigenvalue weighted by atomic mass is 9.95. The highest BCUT2D eigenvalue weighted by atomic mass is 16.5. The average molecular weight is 317 g/mol. The van der Waals surface area contributed by atoms with Gasteiger partial charge in [-0.15, -0.1) is 0 Å². The normalized spacial score (nSPS) is 21.7. The first kappa shape index (κ1) is 15.6. The number of primary amides is 1. The lowest BCUT2D eigenvalue weighted by Crippen LogP contribution is -2.59. The third kappa shape index (κ3) is 3.57. The molecule has 2 saturated heterocycles. The van der Waals surface area contributed by atoms with E-state index in [-0.39, 0.29) is 17.9 Å². The summed E-state index contributed by atoms with van der Waals surface area (Å²) in [7, 11) is 0. The van der Waals surface area contributed by atoms with Crippen LogP contribution >= 0.6 is 0 Å². The van der Waals surface area contributed by atoms with E-state index in [1.165, 1.54) is 0 Å². The number of carbonyl (C=O) groups is 2. The number of benzene rings is 1. The Morgan fingerprint density at radius 3 is 2.70 bits per heavy atom. The van der Waals surface area contributed by atoms with Crippen molar-refractivity contribution < 1.29 is 14.3 Å². The van der Waals surface area contributed by atoms with Crippen LogP contribution in [-0.4, -0.2) is 54.0 Å². The van der Waals surface area contributed by atoms with Gasteiger partial charge in [0.15, 0.2) is 0 Å². The van der Waals surface area contributed by atoms with Gasteiger partial charge in [-0.2, -0.15) is 0 Å². The van der Waals surface area contributed by atoms with Crippen LogP contribution in [0.2, 0.25) is 0 Å². The predicted octanol–water partition coefficient (Wildman–Crippen LogP) is 1.38. The molecule has 1 aromatic carbocycles. The summed E-state index contributed by atoms with van der Waals surface area (Å²) in [5.74, 6) is 0.830. The second-order valence-electron chi connectivity index (χ2n) is 6.42. The number of hydrogen-bond donors (Lipinski definition) is 1. The summed E-state index contributed by atoms with van der Waals surface area (Å²) in [4.78, 5) is 27.1. The van der Waals surface area contributed by atoms with Gasteiger partial charge >= 0.3 is 6.03 Å². The monoisotopic (exact) mass is 317 g/mol. The van der Waals surface area contributed by atoms with E-state index in [2.05, 4.69) is 0 Å². The number of rotatable bonds is 3. The number of urea groups is 1. The van der Waals surface area contributed by atoms with Gasteiger partial charge in [0.2, 0.25) is 5.91 Å². The molecule has 2 aliphatic rings. The quantitative estimate of drug-likeness (QED) is 0.915. The van der Waals surface area contributed by atoms with Crippen molar-refractivity contribution in [2.24, 2.45) is 11.7 Å². The van der Waals surface area contributed by atoms with E-state index in [1.54, 1.807) is 4.90 Å². The fourth-order valence-electron chi connectivity index (χ4n) is 3.21. The van der Waals surface area contributed by atoms with Crippen molar-refractivity contribution in [1.82, 2.24) is 9.80 Å². The van der Waals surface area contributed by atoms with Crippen LogP contribution < -0.4 is 10.5 Å². The van der Waals surface area contributed by atoms with E-state index in [4.69, 9.17) is 10.5 Å². The molecule has 0 spiro atoms. The molecule has 2 aliphatic heterocycles. The molecular formula is C17H23N3O3. The predicted molar refractivity (Wildman–Crippen MR) is 86.1 cm³/mol. The third-order valence-electron chi connectivity index (χ3n) is 4.53. The van der Waals surface area contributed by atoms with Crippen LogP contribution in [0, 0.1) is 12.8 Å².